The van der Waals surface area contributed by atoms with Gasteiger partial charge in [-0.25, -0.2) is 5.01 Å². The molecule has 0 N–H and O–H groups in total. The molecule has 31 heavy (non-hydrogen) atoms. The normalized spacial score (nSPS) is 19.2. The Morgan fingerprint density at radius 2 is 1.81 bits per heavy atom. The lowest BCUT2D eigenvalue weighted by Gasteiger charge is -2.38. The van der Waals surface area contributed by atoms with E-state index in [-0.39, 0.29) is 6.04 Å². The van der Waals surface area contributed by atoms with Gasteiger partial charge in [0.2, 0.25) is 6.23 Å². The lowest BCUT2D eigenvalue weighted by atomic mass is 9.95. The van der Waals surface area contributed by atoms with E-state index in [1.165, 1.54) is 0 Å². The zero-order chi connectivity index (χ0) is 21.5. The van der Waals surface area contributed by atoms with Crippen molar-refractivity contribution in [3.05, 3.63) is 86.8 Å². The number of hydrazone groups is 1. The minimum atomic E-state index is -0.429. The van der Waals surface area contributed by atoms with Crippen molar-refractivity contribution in [3.63, 3.8) is 0 Å². The van der Waals surface area contributed by atoms with Crippen LogP contribution in [-0.2, 0) is 0 Å². The SMILES string of the molecule is COc1ccc(C2=NN3C(C2)c2cc(Cl)ccc2OC3c2cc(Br)ccc2OC)cc1. The molecule has 0 saturated carbocycles. The highest BCUT2D eigenvalue weighted by atomic mass is 79.9. The highest BCUT2D eigenvalue weighted by molar-refractivity contribution is 9.10. The van der Waals surface area contributed by atoms with Gasteiger partial charge in [-0.15, -0.1) is 0 Å². The Bertz CT molecular complexity index is 1170. The van der Waals surface area contributed by atoms with Crippen molar-refractivity contribution in [2.75, 3.05) is 14.2 Å². The number of fused-ring (bicyclic) bond motifs is 3. The van der Waals surface area contributed by atoms with Gasteiger partial charge >= 0.3 is 0 Å². The van der Waals surface area contributed by atoms with Crippen LogP contribution in [0.4, 0.5) is 0 Å². The Morgan fingerprint density at radius 3 is 2.55 bits per heavy atom. The number of benzene rings is 3. The summed E-state index contributed by atoms with van der Waals surface area (Å²) in [6.07, 6.45) is 0.317. The van der Waals surface area contributed by atoms with E-state index in [1.807, 2.05) is 65.7 Å². The quantitative estimate of drug-likeness (QED) is 0.419. The summed E-state index contributed by atoms with van der Waals surface area (Å²) < 4.78 is 18.3. The van der Waals surface area contributed by atoms with Crippen LogP contribution in [0.3, 0.4) is 0 Å². The maximum absolute atomic E-state index is 6.44. The van der Waals surface area contributed by atoms with E-state index in [4.69, 9.17) is 30.9 Å². The fourth-order valence-electron chi connectivity index (χ4n) is 4.12. The highest BCUT2D eigenvalue weighted by Gasteiger charge is 2.42. The molecule has 0 amide bonds. The molecule has 0 aromatic heterocycles. The Hall–Kier alpha value is -2.70. The number of rotatable bonds is 4. The van der Waals surface area contributed by atoms with E-state index < -0.39 is 6.23 Å². The molecule has 5 rings (SSSR count). The van der Waals surface area contributed by atoms with Crippen LogP contribution in [0.1, 0.15) is 35.4 Å². The molecule has 2 unspecified atom stereocenters. The summed E-state index contributed by atoms with van der Waals surface area (Å²) in [7, 11) is 3.33. The lowest BCUT2D eigenvalue weighted by Crippen LogP contribution is -2.34. The standard InChI is InChI=1S/C24H20BrClN2O3/c1-29-17-7-3-14(4-8-17)20-13-21-18-12-16(26)6-10-23(18)31-24(28(21)27-20)19-11-15(25)5-9-22(19)30-2/h3-12,21,24H,13H2,1-2H3. The largest absolute Gasteiger partial charge is 0.497 e. The van der Waals surface area contributed by atoms with Gasteiger partial charge in [0, 0.05) is 21.5 Å². The molecule has 0 saturated heterocycles. The summed E-state index contributed by atoms with van der Waals surface area (Å²) in [6.45, 7) is 0. The summed E-state index contributed by atoms with van der Waals surface area (Å²) >= 11 is 9.90. The zero-order valence-electron chi connectivity index (χ0n) is 17.0. The van der Waals surface area contributed by atoms with E-state index in [9.17, 15) is 0 Å². The van der Waals surface area contributed by atoms with Gasteiger partial charge in [-0.05, 0) is 66.2 Å². The number of ether oxygens (including phenoxy) is 3. The fourth-order valence-corrected chi connectivity index (χ4v) is 4.68. The van der Waals surface area contributed by atoms with Gasteiger partial charge in [0.1, 0.15) is 17.2 Å². The predicted molar refractivity (Wildman–Crippen MR) is 124 cm³/mol. The number of hydrogen-bond acceptors (Lipinski definition) is 5. The van der Waals surface area contributed by atoms with Crippen LogP contribution in [0.5, 0.6) is 17.2 Å². The molecule has 0 aliphatic carbocycles. The van der Waals surface area contributed by atoms with Crippen molar-refractivity contribution in [1.82, 2.24) is 5.01 Å². The first kappa shape index (κ1) is 20.2. The van der Waals surface area contributed by atoms with E-state index >= 15 is 0 Å². The van der Waals surface area contributed by atoms with Crippen LogP contribution in [0.15, 0.2) is 70.2 Å². The third kappa shape index (κ3) is 3.64. The predicted octanol–water partition coefficient (Wildman–Crippen LogP) is 6.36. The number of nitrogens with zero attached hydrogens (tertiary/aromatic N) is 2. The van der Waals surface area contributed by atoms with Crippen LogP contribution in [0, 0.1) is 0 Å². The van der Waals surface area contributed by atoms with Crippen LogP contribution in [-0.4, -0.2) is 24.9 Å². The second-order valence-corrected chi connectivity index (χ2v) is 8.77. The van der Waals surface area contributed by atoms with Gasteiger partial charge in [0.15, 0.2) is 0 Å². The molecule has 3 aromatic carbocycles. The minimum absolute atomic E-state index is 0.00763. The van der Waals surface area contributed by atoms with E-state index in [1.54, 1.807) is 14.2 Å². The topological polar surface area (TPSA) is 43.3 Å². The molecule has 2 aliphatic heterocycles. The second-order valence-electron chi connectivity index (χ2n) is 7.41. The van der Waals surface area contributed by atoms with E-state index in [0.29, 0.717) is 5.02 Å². The van der Waals surface area contributed by atoms with Gasteiger partial charge in [-0.1, -0.05) is 27.5 Å². The molecule has 2 atom stereocenters. The van der Waals surface area contributed by atoms with Crippen LogP contribution >= 0.6 is 27.5 Å². The first-order valence-electron chi connectivity index (χ1n) is 9.87. The lowest BCUT2D eigenvalue weighted by molar-refractivity contribution is -0.0203. The van der Waals surface area contributed by atoms with Gasteiger partial charge in [-0.2, -0.15) is 5.10 Å². The van der Waals surface area contributed by atoms with Gasteiger partial charge in [0.25, 0.3) is 0 Å². The van der Waals surface area contributed by atoms with Gasteiger partial charge in [-0.3, -0.25) is 0 Å². The third-order valence-corrected chi connectivity index (χ3v) is 6.36. The zero-order valence-corrected chi connectivity index (χ0v) is 19.4. The Labute approximate surface area is 194 Å². The van der Waals surface area contributed by atoms with Gasteiger partial charge < -0.3 is 14.2 Å². The van der Waals surface area contributed by atoms with Crippen LogP contribution in [0.2, 0.25) is 5.02 Å². The van der Waals surface area contributed by atoms with Crippen molar-refractivity contribution < 1.29 is 14.2 Å². The Balaban J connectivity index is 1.61. The molecule has 0 fully saturated rings. The second kappa shape index (κ2) is 8.09. The summed E-state index contributed by atoms with van der Waals surface area (Å²) in [5.41, 5.74) is 3.98. The summed E-state index contributed by atoms with van der Waals surface area (Å²) in [5.74, 6) is 2.37. The minimum Gasteiger partial charge on any atom is -0.497 e. The summed E-state index contributed by atoms with van der Waals surface area (Å²) in [4.78, 5) is 0. The number of methoxy groups -OCH3 is 2. The molecule has 0 spiro atoms. The molecule has 2 aliphatic rings. The molecule has 5 nitrogen and oxygen atoms in total. The van der Waals surface area contributed by atoms with Crippen molar-refractivity contribution in [2.24, 2.45) is 5.10 Å². The average molecular weight is 500 g/mol. The van der Waals surface area contributed by atoms with E-state index in [0.717, 1.165) is 50.5 Å². The van der Waals surface area contributed by atoms with Crippen molar-refractivity contribution in [2.45, 2.75) is 18.7 Å². The maximum Gasteiger partial charge on any atom is 0.217 e. The number of hydrogen-bond donors (Lipinski definition) is 0. The smallest absolute Gasteiger partial charge is 0.217 e. The molecule has 7 heteroatoms. The average Bonchev–Trinajstić information content (AvgIpc) is 3.24. The molecular weight excluding hydrogens is 480 g/mol. The first-order valence-corrected chi connectivity index (χ1v) is 11.0. The van der Waals surface area contributed by atoms with Crippen molar-refractivity contribution in [3.8, 4) is 17.2 Å². The molecular formula is C24H20BrClN2O3. The molecule has 3 aromatic rings. The molecule has 158 valence electrons. The van der Waals surface area contributed by atoms with Crippen molar-refractivity contribution in [1.29, 1.82) is 0 Å². The fraction of sp³-hybridized carbons (Fsp3) is 0.208. The third-order valence-electron chi connectivity index (χ3n) is 5.63. The molecule has 0 bridgehead atoms. The first-order chi connectivity index (χ1) is 15.1. The Morgan fingerprint density at radius 1 is 1.00 bits per heavy atom. The summed E-state index contributed by atoms with van der Waals surface area (Å²) in [6, 6.07) is 19.6. The van der Waals surface area contributed by atoms with E-state index in [2.05, 4.69) is 15.9 Å². The Kier molecular flexibility index (Phi) is 5.28. The number of halogens is 2. The summed E-state index contributed by atoms with van der Waals surface area (Å²) in [5, 5.41) is 7.69. The highest BCUT2D eigenvalue weighted by Crippen LogP contribution is 2.49. The maximum atomic E-state index is 6.44. The van der Waals surface area contributed by atoms with Crippen molar-refractivity contribution >= 4 is 33.2 Å². The van der Waals surface area contributed by atoms with Gasteiger partial charge in [0.05, 0.1) is 31.5 Å². The molecule has 2 heterocycles. The molecule has 0 radical (unpaired) electrons. The van der Waals surface area contributed by atoms with Crippen LogP contribution < -0.4 is 14.2 Å². The van der Waals surface area contributed by atoms with Crippen LogP contribution in [0.25, 0.3) is 0 Å². The monoisotopic (exact) mass is 498 g/mol.